The van der Waals surface area contributed by atoms with E-state index in [-0.39, 0.29) is 5.82 Å². The van der Waals surface area contributed by atoms with Crippen LogP contribution < -0.4 is 5.48 Å². The standard InChI is InChI=1S/C9H9BrFNO/c1-6(12-13-2)8-4-3-7(11)5-9(8)10/h3-5,12H,1H2,2H3. The number of nitrogens with one attached hydrogen (secondary N) is 1. The number of hydrogen-bond acceptors (Lipinski definition) is 2. The number of rotatable bonds is 3. The molecule has 1 aromatic carbocycles. The van der Waals surface area contributed by atoms with E-state index >= 15 is 0 Å². The third-order valence-electron chi connectivity index (χ3n) is 1.48. The first-order valence-corrected chi connectivity index (χ1v) is 4.37. The molecule has 0 aliphatic heterocycles. The summed E-state index contributed by atoms with van der Waals surface area (Å²) in [4.78, 5) is 4.68. The molecule has 0 aliphatic carbocycles. The van der Waals surface area contributed by atoms with E-state index in [4.69, 9.17) is 0 Å². The van der Waals surface area contributed by atoms with E-state index in [0.717, 1.165) is 5.56 Å². The largest absolute Gasteiger partial charge is 0.279 e. The minimum Gasteiger partial charge on any atom is -0.279 e. The van der Waals surface area contributed by atoms with Crippen LogP contribution in [-0.4, -0.2) is 7.11 Å². The minimum atomic E-state index is -0.291. The Morgan fingerprint density at radius 2 is 2.31 bits per heavy atom. The van der Waals surface area contributed by atoms with Gasteiger partial charge >= 0.3 is 0 Å². The molecule has 0 amide bonds. The van der Waals surface area contributed by atoms with E-state index in [9.17, 15) is 4.39 Å². The first-order valence-electron chi connectivity index (χ1n) is 3.58. The van der Waals surface area contributed by atoms with Crippen LogP contribution in [0.5, 0.6) is 0 Å². The van der Waals surface area contributed by atoms with Crippen LogP contribution in [0.2, 0.25) is 0 Å². The zero-order valence-corrected chi connectivity index (χ0v) is 8.69. The normalized spacial score (nSPS) is 9.77. The third-order valence-corrected chi connectivity index (χ3v) is 2.14. The van der Waals surface area contributed by atoms with Gasteiger partial charge in [0.1, 0.15) is 5.82 Å². The maximum atomic E-state index is 12.7. The summed E-state index contributed by atoms with van der Waals surface area (Å²) in [6, 6.07) is 4.36. The molecule has 4 heteroatoms. The average Bonchev–Trinajstić information content (AvgIpc) is 2.04. The molecule has 70 valence electrons. The second kappa shape index (κ2) is 4.39. The lowest BCUT2D eigenvalue weighted by atomic mass is 10.2. The summed E-state index contributed by atoms with van der Waals surface area (Å²) in [6.45, 7) is 3.72. The number of benzene rings is 1. The highest BCUT2D eigenvalue weighted by molar-refractivity contribution is 9.10. The highest BCUT2D eigenvalue weighted by Gasteiger charge is 2.04. The molecule has 0 unspecified atom stereocenters. The summed E-state index contributed by atoms with van der Waals surface area (Å²) >= 11 is 3.22. The van der Waals surface area contributed by atoms with Crippen molar-refractivity contribution in [3.05, 3.63) is 40.6 Å². The van der Waals surface area contributed by atoms with Gasteiger partial charge in [-0.2, -0.15) is 0 Å². The lowest BCUT2D eigenvalue weighted by molar-refractivity contribution is 0.137. The monoisotopic (exact) mass is 245 g/mol. The van der Waals surface area contributed by atoms with Gasteiger partial charge in [0, 0.05) is 10.0 Å². The second-order valence-corrected chi connectivity index (χ2v) is 3.26. The lowest BCUT2D eigenvalue weighted by Gasteiger charge is -2.08. The predicted octanol–water partition coefficient (Wildman–Crippen LogP) is 2.71. The average molecular weight is 246 g/mol. The topological polar surface area (TPSA) is 21.3 Å². The molecule has 1 N–H and O–H groups in total. The Balaban J connectivity index is 2.95. The minimum absolute atomic E-state index is 0.291. The van der Waals surface area contributed by atoms with Crippen molar-refractivity contribution < 1.29 is 9.23 Å². The molecule has 0 radical (unpaired) electrons. The Morgan fingerprint density at radius 3 is 2.85 bits per heavy atom. The van der Waals surface area contributed by atoms with Crippen molar-refractivity contribution in [3.63, 3.8) is 0 Å². The lowest BCUT2D eigenvalue weighted by Crippen LogP contribution is -2.09. The predicted molar refractivity (Wildman–Crippen MR) is 53.3 cm³/mol. The van der Waals surface area contributed by atoms with Crippen molar-refractivity contribution in [2.24, 2.45) is 0 Å². The Bertz CT molecular complexity index is 327. The number of hydroxylamine groups is 1. The van der Waals surface area contributed by atoms with E-state index in [1.54, 1.807) is 6.07 Å². The molecule has 0 atom stereocenters. The van der Waals surface area contributed by atoms with Crippen LogP contribution >= 0.6 is 15.9 Å². The Hall–Kier alpha value is -0.870. The summed E-state index contributed by atoms with van der Waals surface area (Å²) in [6.07, 6.45) is 0. The van der Waals surface area contributed by atoms with E-state index < -0.39 is 0 Å². The third kappa shape index (κ3) is 2.54. The molecule has 0 saturated heterocycles. The van der Waals surface area contributed by atoms with Gasteiger partial charge < -0.3 is 0 Å². The van der Waals surface area contributed by atoms with Gasteiger partial charge in [0.25, 0.3) is 0 Å². The quantitative estimate of drug-likeness (QED) is 0.828. The fourth-order valence-electron chi connectivity index (χ4n) is 0.912. The molecule has 0 aromatic heterocycles. The first kappa shape index (κ1) is 10.2. The van der Waals surface area contributed by atoms with Crippen LogP contribution in [0.3, 0.4) is 0 Å². The van der Waals surface area contributed by atoms with Crippen LogP contribution in [0.4, 0.5) is 4.39 Å². The van der Waals surface area contributed by atoms with Crippen LogP contribution in [0.25, 0.3) is 5.70 Å². The second-order valence-electron chi connectivity index (χ2n) is 2.41. The Labute approximate surface area is 84.5 Å². The van der Waals surface area contributed by atoms with Crippen molar-refractivity contribution in [1.29, 1.82) is 0 Å². The van der Waals surface area contributed by atoms with Crippen LogP contribution in [0, 0.1) is 5.82 Å². The van der Waals surface area contributed by atoms with Crippen molar-refractivity contribution in [2.75, 3.05) is 7.11 Å². The van der Waals surface area contributed by atoms with E-state index in [2.05, 4.69) is 32.8 Å². The molecule has 0 saturated carbocycles. The zero-order valence-electron chi connectivity index (χ0n) is 7.10. The van der Waals surface area contributed by atoms with Gasteiger partial charge in [-0.05, 0) is 34.1 Å². The van der Waals surface area contributed by atoms with Crippen molar-refractivity contribution in [1.82, 2.24) is 5.48 Å². The van der Waals surface area contributed by atoms with Crippen molar-refractivity contribution in [2.45, 2.75) is 0 Å². The van der Waals surface area contributed by atoms with Gasteiger partial charge in [0.2, 0.25) is 0 Å². The SMILES string of the molecule is C=C(NOC)c1ccc(F)cc1Br. The van der Waals surface area contributed by atoms with Gasteiger partial charge in [-0.25, -0.2) is 4.39 Å². The van der Waals surface area contributed by atoms with E-state index in [0.29, 0.717) is 10.2 Å². The van der Waals surface area contributed by atoms with Crippen LogP contribution in [-0.2, 0) is 4.84 Å². The summed E-state index contributed by atoms with van der Waals surface area (Å²) < 4.78 is 13.3. The first-order chi connectivity index (χ1) is 6.15. The summed E-state index contributed by atoms with van der Waals surface area (Å²) in [5.41, 5.74) is 3.92. The smallest absolute Gasteiger partial charge is 0.124 e. The summed E-state index contributed by atoms with van der Waals surface area (Å²) in [5.74, 6) is -0.291. The van der Waals surface area contributed by atoms with Gasteiger partial charge in [-0.1, -0.05) is 6.58 Å². The van der Waals surface area contributed by atoms with Crippen LogP contribution in [0.1, 0.15) is 5.56 Å². The van der Waals surface area contributed by atoms with Crippen molar-refractivity contribution in [3.8, 4) is 0 Å². The van der Waals surface area contributed by atoms with Gasteiger partial charge in [0.05, 0.1) is 12.8 Å². The maximum Gasteiger partial charge on any atom is 0.124 e. The van der Waals surface area contributed by atoms with Gasteiger partial charge in [-0.15, -0.1) is 0 Å². The van der Waals surface area contributed by atoms with Crippen LogP contribution in [0.15, 0.2) is 29.3 Å². The molecule has 1 aromatic rings. The van der Waals surface area contributed by atoms with Gasteiger partial charge in [0.15, 0.2) is 0 Å². The fourth-order valence-corrected chi connectivity index (χ4v) is 1.50. The molecule has 0 bridgehead atoms. The number of halogens is 2. The molecule has 1 rings (SSSR count). The highest BCUT2D eigenvalue weighted by Crippen LogP contribution is 2.22. The molecule has 0 heterocycles. The summed E-state index contributed by atoms with van der Waals surface area (Å²) in [5, 5.41) is 0. The van der Waals surface area contributed by atoms with Crippen molar-refractivity contribution >= 4 is 21.6 Å². The molecular weight excluding hydrogens is 237 g/mol. The molecule has 0 fully saturated rings. The Morgan fingerprint density at radius 1 is 1.62 bits per heavy atom. The number of hydrogen-bond donors (Lipinski definition) is 1. The van der Waals surface area contributed by atoms with Gasteiger partial charge in [-0.3, -0.25) is 10.3 Å². The Kier molecular flexibility index (Phi) is 3.45. The summed E-state index contributed by atoms with van der Waals surface area (Å²) in [7, 11) is 1.49. The molecule has 2 nitrogen and oxygen atoms in total. The molecule has 0 aliphatic rings. The highest BCUT2D eigenvalue weighted by atomic mass is 79.9. The zero-order chi connectivity index (χ0) is 9.84. The molecule has 13 heavy (non-hydrogen) atoms. The molecule has 0 spiro atoms. The molecular formula is C9H9BrFNO. The van der Waals surface area contributed by atoms with E-state index in [1.807, 2.05) is 0 Å². The maximum absolute atomic E-state index is 12.7. The fraction of sp³-hybridized carbons (Fsp3) is 0.111. The van der Waals surface area contributed by atoms with E-state index in [1.165, 1.54) is 19.2 Å².